The molecule has 0 radical (unpaired) electrons. The molecule has 0 saturated carbocycles. The van der Waals surface area contributed by atoms with Crippen LogP contribution in [0.15, 0.2) is 30.3 Å². The molecule has 0 aromatic heterocycles. The number of halogens is 6. The van der Waals surface area contributed by atoms with Gasteiger partial charge in [0.2, 0.25) is 5.39 Å². The molecule has 0 atom stereocenters. The van der Waals surface area contributed by atoms with Crippen LogP contribution < -0.4 is 5.32 Å². The van der Waals surface area contributed by atoms with Gasteiger partial charge in [-0.1, -0.05) is 32.0 Å². The van der Waals surface area contributed by atoms with Crippen LogP contribution in [-0.4, -0.2) is 13.1 Å². The van der Waals surface area contributed by atoms with Gasteiger partial charge in [0.05, 0.1) is 0 Å². The standard InChI is InChI=1S/C6H5N2.C4H11N.F6P/c7-8-6-4-2-1-3-5-6;1-3-5-4-2;1-7(2,3,4,5)6/h1-5H;5H,3-4H2,1-2H3;/q+1;;-1. The number of nitrogens with zero attached hydrogens (tertiary/aromatic N) is 2. The summed E-state index contributed by atoms with van der Waals surface area (Å²) in [5.74, 6) is 0. The molecular formula is C10H16F6N3P. The molecule has 0 saturated heterocycles. The first kappa shape index (κ1) is 20.9. The molecule has 0 amide bonds. The Morgan fingerprint density at radius 2 is 1.30 bits per heavy atom. The van der Waals surface area contributed by atoms with E-state index in [1.54, 1.807) is 12.1 Å². The van der Waals surface area contributed by atoms with E-state index >= 15 is 0 Å². The number of nitrogens with one attached hydrogen (secondary N) is 1. The van der Waals surface area contributed by atoms with Crippen molar-refractivity contribution >= 4 is 13.5 Å². The van der Waals surface area contributed by atoms with Crippen molar-refractivity contribution in [1.29, 1.82) is 5.39 Å². The average molecular weight is 323 g/mol. The smallest absolute Gasteiger partial charge is 0.0617 e. The zero-order chi connectivity index (χ0) is 16.3. The molecule has 0 aliphatic carbocycles. The van der Waals surface area contributed by atoms with Gasteiger partial charge in [-0.25, -0.2) is 0 Å². The summed E-state index contributed by atoms with van der Waals surface area (Å²) in [6, 6.07) is 8.94. The number of diazo groups is 1. The fraction of sp³-hybridized carbons (Fsp3) is 0.400. The number of rotatable bonds is 2. The maximum Gasteiger partial charge on any atom is 0.385 e. The molecule has 0 aliphatic rings. The predicted octanol–water partition coefficient (Wildman–Crippen LogP) is 6.17. The zero-order valence-corrected chi connectivity index (χ0v) is 11.8. The number of hydrogen-bond donors (Lipinski definition) is 1. The average Bonchev–Trinajstić information content (AvgIpc) is 2.28. The van der Waals surface area contributed by atoms with Crippen molar-refractivity contribution in [2.24, 2.45) is 0 Å². The second-order valence-electron chi connectivity index (χ2n) is 3.35. The van der Waals surface area contributed by atoms with Gasteiger partial charge in [0.15, 0.2) is 4.98 Å². The third-order valence-electron chi connectivity index (χ3n) is 1.37. The minimum absolute atomic E-state index is 0.590. The van der Waals surface area contributed by atoms with Gasteiger partial charge < -0.3 is 5.32 Å². The molecule has 1 N–H and O–H groups in total. The van der Waals surface area contributed by atoms with Crippen molar-refractivity contribution in [3.63, 3.8) is 0 Å². The Hall–Kier alpha value is -1.39. The van der Waals surface area contributed by atoms with Crippen LogP contribution in [0.5, 0.6) is 0 Å². The topological polar surface area (TPSA) is 40.2 Å². The molecule has 1 rings (SSSR count). The van der Waals surface area contributed by atoms with Gasteiger partial charge in [-0.05, 0) is 13.1 Å². The van der Waals surface area contributed by atoms with Crippen LogP contribution in [0.2, 0.25) is 0 Å². The van der Waals surface area contributed by atoms with Crippen LogP contribution in [0.1, 0.15) is 13.8 Å². The molecule has 0 fully saturated rings. The number of hydrogen-bond acceptors (Lipinski definition) is 2. The Bertz CT molecular complexity index is 397. The normalized spacial score (nSPS) is 13.3. The van der Waals surface area contributed by atoms with Crippen molar-refractivity contribution in [2.45, 2.75) is 13.8 Å². The SMILES string of the molecule is CCNCC.F[P-](F)(F)(F)(F)F.N#[N+]c1ccccc1. The summed E-state index contributed by atoms with van der Waals surface area (Å²) in [5.41, 5.74) is 0.590. The maximum absolute atomic E-state index is 10.7. The fourth-order valence-electron chi connectivity index (χ4n) is 0.745. The van der Waals surface area contributed by atoms with Crippen molar-refractivity contribution < 1.29 is 25.2 Å². The van der Waals surface area contributed by atoms with E-state index in [4.69, 9.17) is 5.39 Å². The molecule has 0 spiro atoms. The van der Waals surface area contributed by atoms with E-state index in [2.05, 4.69) is 24.1 Å². The Morgan fingerprint density at radius 3 is 1.45 bits per heavy atom. The van der Waals surface area contributed by atoms with Gasteiger partial charge in [0.25, 0.3) is 0 Å². The second-order valence-corrected chi connectivity index (χ2v) is 5.27. The minimum Gasteiger partial charge on any atom is -0.0617 e. The van der Waals surface area contributed by atoms with E-state index in [9.17, 15) is 25.2 Å². The van der Waals surface area contributed by atoms with E-state index in [0.717, 1.165) is 13.1 Å². The second kappa shape index (κ2) is 7.41. The first-order valence-electron chi connectivity index (χ1n) is 5.47. The summed E-state index contributed by atoms with van der Waals surface area (Å²) in [4.78, 5) is 2.97. The predicted molar refractivity (Wildman–Crippen MR) is 69.0 cm³/mol. The first-order valence-corrected chi connectivity index (χ1v) is 7.50. The molecule has 0 unspecified atom stereocenters. The van der Waals surface area contributed by atoms with Crippen molar-refractivity contribution in [2.75, 3.05) is 13.1 Å². The maximum atomic E-state index is 9.87. The summed E-state index contributed by atoms with van der Waals surface area (Å²) in [6.45, 7) is 6.39. The Balaban J connectivity index is 0. The van der Waals surface area contributed by atoms with Crippen LogP contribution >= 0.6 is 7.81 Å². The van der Waals surface area contributed by atoms with Gasteiger partial charge in [-0.15, -0.1) is 0 Å². The van der Waals surface area contributed by atoms with Crippen molar-refractivity contribution in [1.82, 2.24) is 5.32 Å². The van der Waals surface area contributed by atoms with E-state index in [1.165, 1.54) is 0 Å². The van der Waals surface area contributed by atoms with Gasteiger partial charge in [-0.3, -0.25) is 0 Å². The van der Waals surface area contributed by atoms with Gasteiger partial charge >= 0.3 is 38.7 Å². The van der Waals surface area contributed by atoms with Crippen LogP contribution in [-0.2, 0) is 0 Å². The van der Waals surface area contributed by atoms with Gasteiger partial charge in [0.1, 0.15) is 0 Å². The van der Waals surface area contributed by atoms with E-state index < -0.39 is 7.81 Å². The molecule has 0 aliphatic heterocycles. The van der Waals surface area contributed by atoms with Crippen LogP contribution in [0, 0.1) is 5.39 Å². The summed E-state index contributed by atoms with van der Waals surface area (Å²) >= 11 is 0. The Kier molecular flexibility index (Phi) is 7.75. The molecule has 118 valence electrons. The summed E-state index contributed by atoms with van der Waals surface area (Å²) < 4.78 is 59.2. The third kappa shape index (κ3) is 36.0. The Labute approximate surface area is 112 Å². The molecule has 1 aromatic carbocycles. The molecule has 10 heteroatoms. The largest absolute Gasteiger partial charge is 0.385 e. The third-order valence-corrected chi connectivity index (χ3v) is 1.37. The monoisotopic (exact) mass is 323 g/mol. The number of benzene rings is 1. The van der Waals surface area contributed by atoms with Crippen molar-refractivity contribution in [3.05, 3.63) is 35.3 Å². The molecule has 20 heavy (non-hydrogen) atoms. The van der Waals surface area contributed by atoms with Crippen LogP contribution in [0.4, 0.5) is 30.9 Å². The summed E-state index contributed by atoms with van der Waals surface area (Å²) in [6.07, 6.45) is 0. The van der Waals surface area contributed by atoms with Crippen LogP contribution in [0.25, 0.3) is 4.98 Å². The molecule has 0 bridgehead atoms. The zero-order valence-electron chi connectivity index (χ0n) is 10.9. The van der Waals surface area contributed by atoms with E-state index in [0.29, 0.717) is 5.69 Å². The summed E-state index contributed by atoms with van der Waals surface area (Å²) in [5, 5.41) is 11.3. The fourth-order valence-corrected chi connectivity index (χ4v) is 0.745. The Morgan fingerprint density at radius 1 is 0.950 bits per heavy atom. The minimum atomic E-state index is -10.7. The van der Waals surface area contributed by atoms with Gasteiger partial charge in [-0.2, -0.15) is 0 Å². The van der Waals surface area contributed by atoms with E-state index in [1.807, 2.05) is 18.2 Å². The molecular weight excluding hydrogens is 307 g/mol. The van der Waals surface area contributed by atoms with Gasteiger partial charge in [0, 0.05) is 12.1 Å². The molecule has 0 heterocycles. The molecule has 3 nitrogen and oxygen atoms in total. The van der Waals surface area contributed by atoms with Crippen LogP contribution in [0.3, 0.4) is 0 Å². The quantitative estimate of drug-likeness (QED) is 0.402. The molecule has 1 aromatic rings. The summed E-state index contributed by atoms with van der Waals surface area (Å²) in [7, 11) is -10.7. The first-order chi connectivity index (χ1) is 8.80. The van der Waals surface area contributed by atoms with E-state index in [-0.39, 0.29) is 0 Å². The van der Waals surface area contributed by atoms with Crippen molar-refractivity contribution in [3.8, 4) is 0 Å².